The number of piperidine rings is 1. The molecule has 1 aliphatic heterocycles. The monoisotopic (exact) mass is 438 g/mol. The van der Waals surface area contributed by atoms with Crippen LogP contribution in [-0.2, 0) is 4.79 Å². The van der Waals surface area contributed by atoms with E-state index in [4.69, 9.17) is 0 Å². The normalized spacial score (nSPS) is 16.1. The van der Waals surface area contributed by atoms with Gasteiger partial charge < -0.3 is 4.90 Å². The lowest BCUT2D eigenvalue weighted by atomic mass is 9.81. The molecule has 0 bridgehead atoms. The number of hydrogen-bond acceptors (Lipinski definition) is 3. The summed E-state index contributed by atoms with van der Waals surface area (Å²) in [4.78, 5) is 27.8. The van der Waals surface area contributed by atoms with Crippen LogP contribution < -0.4 is 0 Å². The standard InChI is InChI=1S/C23H23BrN2O2/c24-19-11-7-10-18(14-19)20(15-22(27)17-8-3-1-4-9-17)21(16-25)23(28)26-12-5-2-6-13-26/h1,3-4,7-11,14,20-21H,2,5-6,12-13,15H2/t20-,21+/m0/s1. The predicted octanol–water partition coefficient (Wildman–Crippen LogP) is 4.96. The van der Waals surface area contributed by atoms with Crippen molar-refractivity contribution in [2.75, 3.05) is 13.1 Å². The van der Waals surface area contributed by atoms with Crippen LogP contribution in [0.3, 0.4) is 0 Å². The highest BCUT2D eigenvalue weighted by Crippen LogP contribution is 2.33. The molecule has 1 amide bonds. The first-order valence-corrected chi connectivity index (χ1v) is 10.4. The fourth-order valence-corrected chi connectivity index (χ4v) is 4.15. The zero-order valence-corrected chi connectivity index (χ0v) is 17.3. The number of amides is 1. The first kappa shape index (κ1) is 20.3. The fourth-order valence-electron chi connectivity index (χ4n) is 3.74. The summed E-state index contributed by atoms with van der Waals surface area (Å²) in [5.41, 5.74) is 1.43. The van der Waals surface area contributed by atoms with Crippen molar-refractivity contribution in [3.05, 3.63) is 70.2 Å². The molecule has 0 spiro atoms. The number of carbonyl (C=O) groups is 2. The SMILES string of the molecule is N#C[C@@H](C(=O)N1CCCCC1)[C@@H](CC(=O)c1ccccc1)c1cccc(Br)c1. The van der Waals surface area contributed by atoms with Crippen molar-refractivity contribution in [2.24, 2.45) is 5.92 Å². The summed E-state index contributed by atoms with van der Waals surface area (Å²) in [7, 11) is 0. The first-order chi connectivity index (χ1) is 13.6. The van der Waals surface area contributed by atoms with Crippen molar-refractivity contribution < 1.29 is 9.59 Å². The van der Waals surface area contributed by atoms with Crippen LogP contribution in [-0.4, -0.2) is 29.7 Å². The Kier molecular flexibility index (Phi) is 7.00. The van der Waals surface area contributed by atoms with E-state index >= 15 is 0 Å². The molecular weight excluding hydrogens is 416 g/mol. The van der Waals surface area contributed by atoms with Gasteiger partial charge in [0.05, 0.1) is 6.07 Å². The van der Waals surface area contributed by atoms with Gasteiger partial charge in [-0.15, -0.1) is 0 Å². The number of halogens is 1. The number of likely N-dealkylation sites (tertiary alicyclic amines) is 1. The van der Waals surface area contributed by atoms with Gasteiger partial charge in [-0.3, -0.25) is 9.59 Å². The van der Waals surface area contributed by atoms with Gasteiger partial charge in [-0.1, -0.05) is 58.4 Å². The molecule has 2 aromatic rings. The minimum Gasteiger partial charge on any atom is -0.342 e. The van der Waals surface area contributed by atoms with Crippen LogP contribution >= 0.6 is 15.9 Å². The van der Waals surface area contributed by atoms with E-state index in [-0.39, 0.29) is 18.1 Å². The minimum absolute atomic E-state index is 0.0581. The summed E-state index contributed by atoms with van der Waals surface area (Å²) in [6, 6.07) is 18.8. The number of Topliss-reactive ketones (excluding diaryl/α,β-unsaturated/α-hetero) is 1. The molecule has 2 atom stereocenters. The minimum atomic E-state index is -0.875. The topological polar surface area (TPSA) is 61.2 Å². The molecule has 28 heavy (non-hydrogen) atoms. The third kappa shape index (κ3) is 4.88. The van der Waals surface area contributed by atoms with E-state index in [0.29, 0.717) is 18.7 Å². The number of nitrogens with zero attached hydrogens (tertiary/aromatic N) is 2. The van der Waals surface area contributed by atoms with Gasteiger partial charge in [0.15, 0.2) is 5.78 Å². The van der Waals surface area contributed by atoms with E-state index in [2.05, 4.69) is 22.0 Å². The molecule has 0 unspecified atom stereocenters. The van der Waals surface area contributed by atoms with Crippen LogP contribution in [0.25, 0.3) is 0 Å². The zero-order chi connectivity index (χ0) is 19.9. The van der Waals surface area contributed by atoms with Crippen molar-refractivity contribution in [1.29, 1.82) is 5.26 Å². The number of ketones is 1. The largest absolute Gasteiger partial charge is 0.342 e. The third-order valence-corrected chi connectivity index (χ3v) is 5.75. The van der Waals surface area contributed by atoms with Gasteiger partial charge in [0, 0.05) is 35.5 Å². The molecule has 4 nitrogen and oxygen atoms in total. The molecule has 1 aliphatic rings. The molecule has 1 fully saturated rings. The lowest BCUT2D eigenvalue weighted by Crippen LogP contribution is -2.41. The Balaban J connectivity index is 1.91. The Labute approximate surface area is 174 Å². The summed E-state index contributed by atoms with van der Waals surface area (Å²) in [6.45, 7) is 1.38. The van der Waals surface area contributed by atoms with E-state index in [1.165, 1.54) is 0 Å². The molecule has 0 saturated carbocycles. The molecule has 1 heterocycles. The van der Waals surface area contributed by atoms with Crippen LogP contribution in [0.2, 0.25) is 0 Å². The average Bonchev–Trinajstić information content (AvgIpc) is 2.74. The van der Waals surface area contributed by atoms with E-state index < -0.39 is 11.8 Å². The summed E-state index contributed by atoms with van der Waals surface area (Å²) >= 11 is 3.46. The lowest BCUT2D eigenvalue weighted by molar-refractivity contribution is -0.135. The molecule has 2 aromatic carbocycles. The average molecular weight is 439 g/mol. The number of carbonyl (C=O) groups excluding carboxylic acids is 2. The van der Waals surface area contributed by atoms with Crippen LogP contribution in [0.4, 0.5) is 0 Å². The van der Waals surface area contributed by atoms with Crippen molar-refractivity contribution in [3.8, 4) is 6.07 Å². The summed E-state index contributed by atoms with van der Waals surface area (Å²) in [6.07, 6.45) is 3.17. The Morgan fingerprint density at radius 2 is 1.75 bits per heavy atom. The molecule has 5 heteroatoms. The molecule has 0 aromatic heterocycles. The highest BCUT2D eigenvalue weighted by molar-refractivity contribution is 9.10. The quantitative estimate of drug-likeness (QED) is 0.598. The van der Waals surface area contributed by atoms with E-state index in [9.17, 15) is 14.9 Å². The maximum Gasteiger partial charge on any atom is 0.240 e. The Bertz CT molecular complexity index is 870. The van der Waals surface area contributed by atoms with Crippen LogP contribution in [0, 0.1) is 17.2 Å². The fraction of sp³-hybridized carbons (Fsp3) is 0.348. The van der Waals surface area contributed by atoms with Gasteiger partial charge in [0.25, 0.3) is 0 Å². The van der Waals surface area contributed by atoms with Gasteiger partial charge in [-0.25, -0.2) is 0 Å². The maximum absolute atomic E-state index is 13.1. The Hall–Kier alpha value is -2.45. The van der Waals surface area contributed by atoms with Gasteiger partial charge in [-0.05, 0) is 37.0 Å². The number of hydrogen-bond donors (Lipinski definition) is 0. The second-order valence-corrected chi connectivity index (χ2v) is 8.06. The van der Waals surface area contributed by atoms with E-state index in [0.717, 1.165) is 29.3 Å². The summed E-state index contributed by atoms with van der Waals surface area (Å²) in [5.74, 6) is -1.57. The number of nitriles is 1. The molecule has 1 saturated heterocycles. The first-order valence-electron chi connectivity index (χ1n) is 9.62. The van der Waals surface area contributed by atoms with Gasteiger partial charge in [0.2, 0.25) is 5.91 Å². The smallest absolute Gasteiger partial charge is 0.240 e. The molecular formula is C23H23BrN2O2. The Morgan fingerprint density at radius 1 is 1.04 bits per heavy atom. The van der Waals surface area contributed by atoms with Crippen molar-refractivity contribution in [2.45, 2.75) is 31.6 Å². The van der Waals surface area contributed by atoms with E-state index in [1.807, 2.05) is 42.5 Å². The van der Waals surface area contributed by atoms with Crippen LogP contribution in [0.15, 0.2) is 59.1 Å². The predicted molar refractivity (Wildman–Crippen MR) is 112 cm³/mol. The molecule has 0 aliphatic carbocycles. The molecule has 3 rings (SSSR count). The number of rotatable bonds is 6. The molecule has 0 radical (unpaired) electrons. The van der Waals surface area contributed by atoms with Crippen LogP contribution in [0.1, 0.15) is 47.5 Å². The van der Waals surface area contributed by atoms with Crippen LogP contribution in [0.5, 0.6) is 0 Å². The summed E-state index contributed by atoms with van der Waals surface area (Å²) in [5, 5.41) is 9.89. The van der Waals surface area contributed by atoms with Gasteiger partial charge in [0.1, 0.15) is 5.92 Å². The lowest BCUT2D eigenvalue weighted by Gasteiger charge is -2.31. The molecule has 144 valence electrons. The molecule has 0 N–H and O–H groups in total. The summed E-state index contributed by atoms with van der Waals surface area (Å²) < 4.78 is 0.865. The van der Waals surface area contributed by atoms with Crippen molar-refractivity contribution in [1.82, 2.24) is 4.90 Å². The van der Waals surface area contributed by atoms with E-state index in [1.54, 1.807) is 17.0 Å². The highest BCUT2D eigenvalue weighted by Gasteiger charge is 2.35. The maximum atomic E-state index is 13.1. The van der Waals surface area contributed by atoms with Gasteiger partial charge in [-0.2, -0.15) is 5.26 Å². The van der Waals surface area contributed by atoms with Crippen molar-refractivity contribution in [3.63, 3.8) is 0 Å². The van der Waals surface area contributed by atoms with Gasteiger partial charge >= 0.3 is 0 Å². The second kappa shape index (κ2) is 9.66. The van der Waals surface area contributed by atoms with Crippen molar-refractivity contribution >= 4 is 27.6 Å². The second-order valence-electron chi connectivity index (χ2n) is 7.15. The zero-order valence-electron chi connectivity index (χ0n) is 15.7. The highest BCUT2D eigenvalue weighted by atomic mass is 79.9. The number of benzene rings is 2. The Morgan fingerprint density at radius 3 is 2.39 bits per heavy atom. The third-order valence-electron chi connectivity index (χ3n) is 5.25.